The molecular weight excluding hydrogens is 763 g/mol. The van der Waals surface area contributed by atoms with Crippen LogP contribution in [0.25, 0.3) is 0 Å². The van der Waals surface area contributed by atoms with Gasteiger partial charge in [0.15, 0.2) is 0 Å². The van der Waals surface area contributed by atoms with E-state index in [-0.39, 0.29) is 6.10 Å². The zero-order valence-corrected chi connectivity index (χ0v) is 42.0. The molecule has 0 N–H and O–H groups in total. The van der Waals surface area contributed by atoms with Crippen LogP contribution in [0.4, 0.5) is 0 Å². The Morgan fingerprint density at radius 3 is 2.24 bits per heavy atom. The van der Waals surface area contributed by atoms with E-state index >= 15 is 0 Å². The Morgan fingerprint density at radius 2 is 1.48 bits per heavy atom. The molecule has 358 valence electrons. The van der Waals surface area contributed by atoms with E-state index in [0.717, 1.165) is 107 Å². The zero-order valence-electron chi connectivity index (χ0n) is 42.0. The largest absolute Gasteiger partial charge is 0.380 e. The van der Waals surface area contributed by atoms with Crippen molar-refractivity contribution in [2.75, 3.05) is 53.2 Å². The van der Waals surface area contributed by atoms with Gasteiger partial charge in [-0.2, -0.15) is 0 Å². The fourth-order valence-electron chi connectivity index (χ4n) is 13.5. The molecule has 0 bridgehead atoms. The smallest absolute Gasteiger partial charge is 0.0934 e. The molecule has 4 fully saturated rings. The Morgan fingerprint density at radius 1 is 0.742 bits per heavy atom. The molecule has 1 saturated heterocycles. The molecule has 5 rings (SSSR count). The number of ether oxygens (including phenoxy) is 4. The number of likely N-dealkylation sites (tertiary alicyclic amines) is 1. The van der Waals surface area contributed by atoms with Crippen LogP contribution in [0.15, 0.2) is 36.0 Å². The maximum atomic E-state index is 6.65. The monoisotopic (exact) mass is 864 g/mol. The predicted molar refractivity (Wildman–Crippen MR) is 264 cm³/mol. The minimum Gasteiger partial charge on any atom is -0.380 e. The number of fused-ring (bicyclic) bond motifs is 5. The average Bonchev–Trinajstić information content (AvgIpc) is 3.87. The molecule has 5 nitrogen and oxygen atoms in total. The number of rotatable bonds is 32. The SMILES string of the molecule is CCCCC/C=C\C/C=C\CCCCCCCCOCC(CN1CCC(OC)C1)OCCCCO[C@H]1CC[C@@]2(C)C(=CCC3C2CC[C@@]2(C)C3CC[C@@H]2[C@H](C)CCCC(C)C)C1. The Bertz CT molecular complexity index is 1290. The maximum absolute atomic E-state index is 6.65. The molecule has 62 heavy (non-hydrogen) atoms. The Hall–Kier alpha value is -0.980. The third kappa shape index (κ3) is 16.1. The standard InChI is InChI=1S/C57H101NO4/c1-8-9-10-11-12-13-14-15-16-17-18-19-20-21-22-23-39-60-45-51(44-58-38-35-50(43-58)59-7)62-41-25-24-40-61-49-33-36-56(5)48(42-49)29-30-52-54-32-31-53(47(4)28-26-27-46(2)3)57(54,6)37-34-55(52)56/h12-13,15-16,29,46-47,49-55H,8-11,14,17-28,30-45H2,1-7H3/b13-12-,16-15-/t47-,49+,50?,51?,52?,53-,54?,55?,56+,57-/m1/s1. The molecule has 0 radical (unpaired) electrons. The van der Waals surface area contributed by atoms with E-state index in [9.17, 15) is 0 Å². The van der Waals surface area contributed by atoms with Gasteiger partial charge in [0, 0.05) is 46.6 Å². The lowest BCUT2D eigenvalue weighted by atomic mass is 9.47. The summed E-state index contributed by atoms with van der Waals surface area (Å²) in [7, 11) is 1.85. The van der Waals surface area contributed by atoms with Gasteiger partial charge in [0.1, 0.15) is 0 Å². The normalized spacial score (nSPS) is 31.2. The van der Waals surface area contributed by atoms with Crippen LogP contribution in [0.5, 0.6) is 0 Å². The van der Waals surface area contributed by atoms with Crippen molar-refractivity contribution in [2.45, 2.75) is 227 Å². The summed E-state index contributed by atoms with van der Waals surface area (Å²) in [4.78, 5) is 2.51. The highest BCUT2D eigenvalue weighted by molar-refractivity contribution is 5.25. The lowest BCUT2D eigenvalue weighted by molar-refractivity contribution is -0.0649. The number of hydrogen-bond donors (Lipinski definition) is 0. The van der Waals surface area contributed by atoms with Gasteiger partial charge in [0.2, 0.25) is 0 Å². The van der Waals surface area contributed by atoms with Crippen LogP contribution in [0, 0.1) is 46.3 Å². The van der Waals surface area contributed by atoms with Crippen LogP contribution in [0.1, 0.15) is 208 Å². The van der Waals surface area contributed by atoms with Crippen molar-refractivity contribution in [1.29, 1.82) is 0 Å². The highest BCUT2D eigenvalue weighted by Crippen LogP contribution is 2.67. The van der Waals surface area contributed by atoms with Crippen molar-refractivity contribution in [3.05, 3.63) is 36.0 Å². The Kier molecular flexibility index (Phi) is 23.7. The third-order valence-corrected chi connectivity index (χ3v) is 17.3. The average molecular weight is 864 g/mol. The summed E-state index contributed by atoms with van der Waals surface area (Å²) in [5.74, 6) is 5.40. The molecule has 0 aromatic rings. The van der Waals surface area contributed by atoms with Gasteiger partial charge in [-0.15, -0.1) is 0 Å². The number of allylic oxidation sites excluding steroid dienone is 5. The van der Waals surface area contributed by atoms with Crippen LogP contribution < -0.4 is 0 Å². The molecule has 3 saturated carbocycles. The molecule has 0 aromatic carbocycles. The van der Waals surface area contributed by atoms with Crippen LogP contribution in [0.2, 0.25) is 0 Å². The highest BCUT2D eigenvalue weighted by atomic mass is 16.5. The first-order chi connectivity index (χ1) is 30.2. The minimum atomic E-state index is 0.125. The van der Waals surface area contributed by atoms with E-state index in [2.05, 4.69) is 76.8 Å². The second kappa shape index (κ2) is 28.3. The second-order valence-corrected chi connectivity index (χ2v) is 22.3. The number of unbranched alkanes of at least 4 members (excludes halogenated alkanes) is 10. The van der Waals surface area contributed by atoms with Crippen molar-refractivity contribution in [1.82, 2.24) is 4.90 Å². The van der Waals surface area contributed by atoms with Crippen molar-refractivity contribution in [2.24, 2.45) is 46.3 Å². The van der Waals surface area contributed by atoms with Crippen molar-refractivity contribution < 1.29 is 18.9 Å². The van der Waals surface area contributed by atoms with Gasteiger partial charge in [0.25, 0.3) is 0 Å². The molecule has 1 heterocycles. The van der Waals surface area contributed by atoms with E-state index in [4.69, 9.17) is 18.9 Å². The van der Waals surface area contributed by atoms with Gasteiger partial charge in [-0.3, -0.25) is 4.90 Å². The van der Waals surface area contributed by atoms with Crippen molar-refractivity contribution >= 4 is 0 Å². The van der Waals surface area contributed by atoms with Gasteiger partial charge in [-0.25, -0.2) is 0 Å². The molecule has 0 spiro atoms. The lowest BCUT2D eigenvalue weighted by Gasteiger charge is -2.58. The quantitative estimate of drug-likeness (QED) is 0.0498. The van der Waals surface area contributed by atoms with E-state index < -0.39 is 0 Å². The van der Waals surface area contributed by atoms with Crippen molar-refractivity contribution in [3.63, 3.8) is 0 Å². The number of hydrogen-bond acceptors (Lipinski definition) is 5. The fraction of sp³-hybridized carbons (Fsp3) is 0.895. The minimum absolute atomic E-state index is 0.125. The summed E-state index contributed by atoms with van der Waals surface area (Å²) in [6.07, 6.45) is 46.8. The van der Waals surface area contributed by atoms with Crippen LogP contribution in [-0.2, 0) is 18.9 Å². The Balaban J connectivity index is 0.937. The van der Waals surface area contributed by atoms with Gasteiger partial charge in [-0.05, 0) is 155 Å². The first kappa shape index (κ1) is 52.0. The Labute approximate surface area is 384 Å². The molecule has 10 atom stereocenters. The molecule has 4 aliphatic carbocycles. The molecular formula is C57H101NO4. The molecule has 0 amide bonds. The topological polar surface area (TPSA) is 40.2 Å². The zero-order chi connectivity index (χ0) is 44.0. The molecule has 5 heteroatoms. The summed E-state index contributed by atoms with van der Waals surface area (Å²) >= 11 is 0. The summed E-state index contributed by atoms with van der Waals surface area (Å²) < 4.78 is 25.1. The summed E-state index contributed by atoms with van der Waals surface area (Å²) in [6.45, 7) is 21.3. The van der Waals surface area contributed by atoms with E-state index in [1.165, 1.54) is 135 Å². The van der Waals surface area contributed by atoms with Gasteiger partial charge < -0.3 is 18.9 Å². The summed E-state index contributed by atoms with van der Waals surface area (Å²) in [5.41, 5.74) is 2.73. The van der Waals surface area contributed by atoms with Gasteiger partial charge >= 0.3 is 0 Å². The summed E-state index contributed by atoms with van der Waals surface area (Å²) in [5, 5.41) is 0. The first-order valence-electron chi connectivity index (χ1n) is 27.2. The van der Waals surface area contributed by atoms with Crippen LogP contribution in [0.3, 0.4) is 0 Å². The molecule has 0 aromatic heterocycles. The predicted octanol–water partition coefficient (Wildman–Crippen LogP) is 15.1. The number of nitrogens with zero attached hydrogens (tertiary/aromatic N) is 1. The lowest BCUT2D eigenvalue weighted by Crippen LogP contribution is -2.51. The van der Waals surface area contributed by atoms with E-state index in [0.29, 0.717) is 29.6 Å². The van der Waals surface area contributed by atoms with E-state index in [1.807, 2.05) is 7.11 Å². The van der Waals surface area contributed by atoms with Crippen LogP contribution >= 0.6 is 0 Å². The van der Waals surface area contributed by atoms with Gasteiger partial charge in [-0.1, -0.05) is 135 Å². The summed E-state index contributed by atoms with van der Waals surface area (Å²) in [6, 6.07) is 0. The second-order valence-electron chi connectivity index (χ2n) is 22.3. The van der Waals surface area contributed by atoms with Crippen LogP contribution in [-0.4, -0.2) is 76.4 Å². The molecule has 1 aliphatic heterocycles. The molecule has 5 unspecified atom stereocenters. The first-order valence-corrected chi connectivity index (χ1v) is 27.2. The van der Waals surface area contributed by atoms with Crippen molar-refractivity contribution in [3.8, 4) is 0 Å². The fourth-order valence-corrected chi connectivity index (χ4v) is 13.5. The third-order valence-electron chi connectivity index (χ3n) is 17.3. The van der Waals surface area contributed by atoms with E-state index in [1.54, 1.807) is 5.57 Å². The van der Waals surface area contributed by atoms with Gasteiger partial charge in [0.05, 0.1) is 24.9 Å². The molecule has 5 aliphatic rings. The number of methoxy groups -OCH3 is 1. The maximum Gasteiger partial charge on any atom is 0.0934 e. The highest BCUT2D eigenvalue weighted by Gasteiger charge is 2.59.